The quantitative estimate of drug-likeness (QED) is 0.823. The number of rotatable bonds is 3. The first-order chi connectivity index (χ1) is 7.77. The Balaban J connectivity index is 2.47. The Labute approximate surface area is 99.8 Å². The van der Waals surface area contributed by atoms with Crippen molar-refractivity contribution in [3.63, 3.8) is 0 Å². The van der Waals surface area contributed by atoms with E-state index in [0.717, 1.165) is 22.0 Å². The molecule has 1 aromatic carbocycles. The van der Waals surface area contributed by atoms with Gasteiger partial charge in [0.25, 0.3) is 0 Å². The number of hydrogen-bond acceptors (Lipinski definition) is 4. The Hall–Kier alpha value is -0.870. The zero-order chi connectivity index (χ0) is 11.5. The summed E-state index contributed by atoms with van der Waals surface area (Å²) in [6.45, 7) is 3.35. The first-order valence-electron chi connectivity index (χ1n) is 5.35. The lowest BCUT2D eigenvalue weighted by atomic mass is 10.0. The van der Waals surface area contributed by atoms with E-state index in [4.69, 9.17) is 9.47 Å². The maximum absolute atomic E-state index is 9.23. The summed E-state index contributed by atoms with van der Waals surface area (Å²) in [5.74, 6) is 1.76. The first kappa shape index (κ1) is 11.6. The molecule has 0 saturated heterocycles. The third-order valence-corrected chi connectivity index (χ3v) is 3.53. The molecule has 88 valence electrons. The van der Waals surface area contributed by atoms with E-state index in [0.29, 0.717) is 13.2 Å². The van der Waals surface area contributed by atoms with Gasteiger partial charge < -0.3 is 14.6 Å². The molecule has 16 heavy (non-hydrogen) atoms. The fourth-order valence-electron chi connectivity index (χ4n) is 1.80. The molecule has 0 saturated carbocycles. The number of fused-ring (bicyclic) bond motifs is 1. The highest BCUT2D eigenvalue weighted by Crippen LogP contribution is 2.43. The molecule has 1 aromatic rings. The van der Waals surface area contributed by atoms with Crippen LogP contribution in [-0.2, 0) is 0 Å². The summed E-state index contributed by atoms with van der Waals surface area (Å²) in [6.07, 6.45) is 2.02. The molecule has 1 unspecified atom stereocenters. The van der Waals surface area contributed by atoms with E-state index in [2.05, 4.69) is 0 Å². The fraction of sp³-hybridized carbons (Fsp3) is 0.500. The average Bonchev–Trinajstić information content (AvgIpc) is 2.36. The molecular weight excluding hydrogens is 224 g/mol. The van der Waals surface area contributed by atoms with Gasteiger partial charge in [-0.15, -0.1) is 11.8 Å². The number of ether oxygens (including phenoxy) is 2. The highest BCUT2D eigenvalue weighted by molar-refractivity contribution is 7.98. The third-order valence-electron chi connectivity index (χ3n) is 2.70. The van der Waals surface area contributed by atoms with Crippen LogP contribution in [0, 0.1) is 0 Å². The fourth-order valence-corrected chi connectivity index (χ4v) is 2.65. The number of benzene rings is 1. The molecule has 0 radical (unpaired) electrons. The van der Waals surface area contributed by atoms with E-state index in [1.54, 1.807) is 11.8 Å². The number of hydrogen-bond donors (Lipinski definition) is 1. The van der Waals surface area contributed by atoms with Crippen molar-refractivity contribution in [3.05, 3.63) is 17.7 Å². The number of thioether (sulfide) groups is 1. The van der Waals surface area contributed by atoms with Gasteiger partial charge in [0, 0.05) is 12.5 Å². The van der Waals surface area contributed by atoms with E-state index in [9.17, 15) is 5.11 Å². The van der Waals surface area contributed by atoms with Crippen molar-refractivity contribution >= 4 is 11.8 Å². The van der Waals surface area contributed by atoms with Crippen molar-refractivity contribution in [1.82, 2.24) is 0 Å². The Morgan fingerprint density at radius 1 is 1.38 bits per heavy atom. The molecule has 3 nitrogen and oxygen atoms in total. The van der Waals surface area contributed by atoms with Crippen molar-refractivity contribution in [2.24, 2.45) is 0 Å². The standard InChI is InChI=1S/C12H16O3S/c1-8(7-13)9-3-4-10-11(12(9)16-2)15-6-5-14-10/h3-4,8,13H,5-7H2,1-2H3. The summed E-state index contributed by atoms with van der Waals surface area (Å²) in [6, 6.07) is 3.94. The molecule has 0 amide bonds. The Morgan fingerprint density at radius 3 is 2.81 bits per heavy atom. The smallest absolute Gasteiger partial charge is 0.175 e. The molecule has 0 aromatic heterocycles. The second-order valence-electron chi connectivity index (χ2n) is 3.80. The Bertz CT molecular complexity index is 379. The van der Waals surface area contributed by atoms with Gasteiger partial charge in [-0.2, -0.15) is 0 Å². The molecule has 0 aliphatic carbocycles. The minimum Gasteiger partial charge on any atom is -0.486 e. The van der Waals surface area contributed by atoms with Crippen LogP contribution >= 0.6 is 11.8 Å². The van der Waals surface area contributed by atoms with E-state index in [1.807, 2.05) is 25.3 Å². The van der Waals surface area contributed by atoms with Crippen molar-refractivity contribution < 1.29 is 14.6 Å². The molecule has 0 bridgehead atoms. The summed E-state index contributed by atoms with van der Waals surface area (Å²) in [5, 5.41) is 9.23. The van der Waals surface area contributed by atoms with Crippen LogP contribution in [0.1, 0.15) is 18.4 Å². The first-order valence-corrected chi connectivity index (χ1v) is 6.57. The minimum absolute atomic E-state index is 0.123. The number of aliphatic hydroxyl groups is 1. The van der Waals surface area contributed by atoms with Gasteiger partial charge in [0.2, 0.25) is 0 Å². The highest BCUT2D eigenvalue weighted by atomic mass is 32.2. The molecule has 1 aliphatic rings. The van der Waals surface area contributed by atoms with E-state index in [-0.39, 0.29) is 12.5 Å². The van der Waals surface area contributed by atoms with E-state index >= 15 is 0 Å². The molecule has 2 rings (SSSR count). The van der Waals surface area contributed by atoms with Gasteiger partial charge in [-0.3, -0.25) is 0 Å². The Morgan fingerprint density at radius 2 is 2.12 bits per heavy atom. The monoisotopic (exact) mass is 240 g/mol. The van der Waals surface area contributed by atoms with Crippen LogP contribution in [-0.4, -0.2) is 31.2 Å². The molecule has 1 aliphatic heterocycles. The lowest BCUT2D eigenvalue weighted by Gasteiger charge is -2.23. The lowest BCUT2D eigenvalue weighted by molar-refractivity contribution is 0.166. The van der Waals surface area contributed by atoms with Crippen molar-refractivity contribution in [3.8, 4) is 11.5 Å². The summed E-state index contributed by atoms with van der Waals surface area (Å²) in [5.41, 5.74) is 1.12. The average molecular weight is 240 g/mol. The van der Waals surface area contributed by atoms with Crippen LogP contribution in [0.3, 0.4) is 0 Å². The van der Waals surface area contributed by atoms with Crippen molar-refractivity contribution in [2.75, 3.05) is 26.1 Å². The normalized spacial score (nSPS) is 15.9. The second kappa shape index (κ2) is 4.97. The van der Waals surface area contributed by atoms with Crippen LogP contribution in [0.15, 0.2) is 17.0 Å². The molecule has 1 heterocycles. The summed E-state index contributed by atoms with van der Waals surface area (Å²) >= 11 is 1.64. The zero-order valence-electron chi connectivity index (χ0n) is 9.53. The maximum Gasteiger partial charge on any atom is 0.175 e. The van der Waals surface area contributed by atoms with Crippen molar-refractivity contribution in [2.45, 2.75) is 17.7 Å². The third kappa shape index (κ3) is 1.99. The molecule has 0 fully saturated rings. The van der Waals surface area contributed by atoms with Gasteiger partial charge in [-0.25, -0.2) is 0 Å². The SMILES string of the molecule is CSc1c(C(C)CO)ccc2c1OCCO2. The van der Waals surface area contributed by atoms with Gasteiger partial charge in [0.15, 0.2) is 11.5 Å². The molecule has 0 spiro atoms. The van der Waals surface area contributed by atoms with Gasteiger partial charge in [-0.1, -0.05) is 13.0 Å². The Kier molecular flexibility index (Phi) is 3.61. The number of aliphatic hydroxyl groups excluding tert-OH is 1. The van der Waals surface area contributed by atoms with Crippen LogP contribution in [0.2, 0.25) is 0 Å². The van der Waals surface area contributed by atoms with Gasteiger partial charge in [-0.05, 0) is 17.9 Å². The second-order valence-corrected chi connectivity index (χ2v) is 4.61. The lowest BCUT2D eigenvalue weighted by Crippen LogP contribution is -2.16. The van der Waals surface area contributed by atoms with Crippen LogP contribution in [0.25, 0.3) is 0 Å². The minimum atomic E-state index is 0.123. The topological polar surface area (TPSA) is 38.7 Å². The van der Waals surface area contributed by atoms with Crippen LogP contribution < -0.4 is 9.47 Å². The van der Waals surface area contributed by atoms with Gasteiger partial charge in [0.1, 0.15) is 13.2 Å². The van der Waals surface area contributed by atoms with Crippen LogP contribution in [0.5, 0.6) is 11.5 Å². The predicted octanol–water partition coefficient (Wildman–Crippen LogP) is 2.28. The molecule has 1 N–H and O–H groups in total. The van der Waals surface area contributed by atoms with E-state index < -0.39 is 0 Å². The maximum atomic E-state index is 9.23. The van der Waals surface area contributed by atoms with Crippen molar-refractivity contribution in [1.29, 1.82) is 0 Å². The highest BCUT2D eigenvalue weighted by Gasteiger charge is 2.20. The van der Waals surface area contributed by atoms with Gasteiger partial charge >= 0.3 is 0 Å². The zero-order valence-corrected chi connectivity index (χ0v) is 10.3. The predicted molar refractivity (Wildman–Crippen MR) is 64.7 cm³/mol. The summed E-state index contributed by atoms with van der Waals surface area (Å²) in [4.78, 5) is 1.08. The summed E-state index contributed by atoms with van der Waals surface area (Å²) < 4.78 is 11.2. The molecular formula is C12H16O3S. The molecule has 4 heteroatoms. The largest absolute Gasteiger partial charge is 0.486 e. The molecule has 1 atom stereocenters. The van der Waals surface area contributed by atoms with E-state index in [1.165, 1.54) is 0 Å². The summed E-state index contributed by atoms with van der Waals surface area (Å²) in [7, 11) is 0. The van der Waals surface area contributed by atoms with Gasteiger partial charge in [0.05, 0.1) is 4.90 Å². The van der Waals surface area contributed by atoms with Crippen LogP contribution in [0.4, 0.5) is 0 Å².